The van der Waals surface area contributed by atoms with E-state index >= 15 is 0 Å². The molecule has 0 bridgehead atoms. The largest absolute Gasteiger partial charge is 0.507 e. The number of aromatic nitrogens is 3. The topological polar surface area (TPSA) is 50.9 Å². The molecule has 368 valence electrons. The average molecular weight is 945 g/mol. The summed E-state index contributed by atoms with van der Waals surface area (Å²) in [6.07, 6.45) is 1.89. The van der Waals surface area contributed by atoms with Crippen LogP contribution in [0.1, 0.15) is 168 Å². The van der Waals surface area contributed by atoms with E-state index in [9.17, 15) is 9.22 Å². The molecule has 0 amide bonds. The Balaban J connectivity index is 1.43. The van der Waals surface area contributed by atoms with Crippen molar-refractivity contribution in [1.82, 2.24) is 14.5 Å². The van der Waals surface area contributed by atoms with Crippen molar-refractivity contribution in [1.29, 1.82) is 0 Å². The molecule has 0 aliphatic carbocycles. The molecule has 2 aromatic heterocycles. The lowest BCUT2D eigenvalue weighted by molar-refractivity contribution is 0.446. The summed E-state index contributed by atoms with van der Waals surface area (Å²) < 4.78 is 29.7. The van der Waals surface area contributed by atoms with Gasteiger partial charge in [0.25, 0.3) is 0 Å². The van der Waals surface area contributed by atoms with E-state index in [1.165, 1.54) is 16.7 Å². The second kappa shape index (κ2) is 17.8. The van der Waals surface area contributed by atoms with Crippen LogP contribution in [0.15, 0.2) is 128 Å². The summed E-state index contributed by atoms with van der Waals surface area (Å²) in [6.45, 7) is 37.0. The van der Waals surface area contributed by atoms with E-state index in [1.54, 1.807) is 0 Å². The van der Waals surface area contributed by atoms with Crippen LogP contribution < -0.4 is 0 Å². The summed E-state index contributed by atoms with van der Waals surface area (Å²) in [5.41, 5.74) is 15.8. The standard InChI is InChI=1S/C67H79N3O/c1-41-31-43(45-33-50(64(8,9)10)38-51(34-45)65(11,12)13)25-28-57(41)70-58-22-20-21-53(59(58)69-61(70)54-39-52(66(14,15)16)40-55(60(54)71)67(17,18)19)46-32-47(36-49(35-46)63(5,6)7)56-37-44(29-30-68-56)42-23-26-48(27-24-42)62(2,3)4/h20-40,71H,1-19H3/i1D3. The highest BCUT2D eigenvalue weighted by Gasteiger charge is 2.30. The van der Waals surface area contributed by atoms with Crippen molar-refractivity contribution in [2.24, 2.45) is 0 Å². The molecule has 0 saturated heterocycles. The van der Waals surface area contributed by atoms with Crippen molar-refractivity contribution < 1.29 is 9.22 Å². The second-order valence-electron chi connectivity index (χ2n) is 26.2. The molecule has 4 nitrogen and oxygen atoms in total. The first-order chi connectivity index (χ1) is 34.0. The fraction of sp³-hybridized carbons (Fsp3) is 0.373. The van der Waals surface area contributed by atoms with Crippen molar-refractivity contribution in [3.8, 4) is 67.5 Å². The lowest BCUT2D eigenvalue weighted by atomic mass is 9.78. The van der Waals surface area contributed by atoms with Gasteiger partial charge in [-0.2, -0.15) is 0 Å². The van der Waals surface area contributed by atoms with Crippen LogP contribution in [0.3, 0.4) is 0 Å². The third-order valence-electron chi connectivity index (χ3n) is 14.2. The van der Waals surface area contributed by atoms with E-state index in [0.717, 1.165) is 66.8 Å². The first kappa shape index (κ1) is 47.1. The second-order valence-corrected chi connectivity index (χ2v) is 26.2. The fourth-order valence-corrected chi connectivity index (χ4v) is 9.43. The average Bonchev–Trinajstić information content (AvgIpc) is 3.68. The summed E-state index contributed by atoms with van der Waals surface area (Å²) in [5, 5.41) is 12.6. The number of pyridine rings is 1. The minimum Gasteiger partial charge on any atom is -0.507 e. The number of imidazole rings is 1. The molecule has 6 aromatic carbocycles. The van der Waals surface area contributed by atoms with E-state index in [1.807, 2.05) is 47.2 Å². The molecule has 0 saturated carbocycles. The quantitative estimate of drug-likeness (QED) is 0.181. The highest BCUT2D eigenvalue weighted by molar-refractivity contribution is 5.97. The zero-order chi connectivity index (χ0) is 54.5. The number of hydrogen-bond donors (Lipinski definition) is 1. The van der Waals surface area contributed by atoms with Gasteiger partial charge in [-0.25, -0.2) is 4.98 Å². The van der Waals surface area contributed by atoms with Gasteiger partial charge in [0.1, 0.15) is 11.6 Å². The van der Waals surface area contributed by atoms with Gasteiger partial charge in [-0.1, -0.05) is 197 Å². The zero-order valence-electron chi connectivity index (χ0n) is 48.9. The number of para-hydroxylation sites is 1. The van der Waals surface area contributed by atoms with E-state index in [2.05, 4.69) is 210 Å². The van der Waals surface area contributed by atoms with Gasteiger partial charge in [-0.15, -0.1) is 0 Å². The monoisotopic (exact) mass is 945 g/mol. The Bertz CT molecular complexity index is 3390. The molecule has 1 N–H and O–H groups in total. The molecule has 0 atom stereocenters. The molecule has 0 aliphatic heterocycles. The molecular formula is C67H79N3O. The normalized spacial score (nSPS) is 13.9. The summed E-state index contributed by atoms with van der Waals surface area (Å²) in [6, 6.07) is 42.6. The fourth-order valence-electron chi connectivity index (χ4n) is 9.43. The van der Waals surface area contributed by atoms with Crippen LogP contribution >= 0.6 is 0 Å². The third-order valence-corrected chi connectivity index (χ3v) is 14.2. The maximum atomic E-state index is 12.6. The predicted octanol–water partition coefficient (Wildman–Crippen LogP) is 18.6. The summed E-state index contributed by atoms with van der Waals surface area (Å²) >= 11 is 0. The minimum absolute atomic E-state index is 0.0512. The van der Waals surface area contributed by atoms with Crippen LogP contribution in [-0.2, 0) is 32.5 Å². The van der Waals surface area contributed by atoms with Gasteiger partial charge in [-0.05, 0) is 149 Å². The maximum Gasteiger partial charge on any atom is 0.149 e. The number of phenolic OH excluding ortho intramolecular Hbond substituents is 1. The van der Waals surface area contributed by atoms with Crippen molar-refractivity contribution >= 4 is 11.0 Å². The number of aryl methyl sites for hydroxylation is 1. The van der Waals surface area contributed by atoms with Gasteiger partial charge in [-0.3, -0.25) is 9.55 Å². The Hall–Kier alpha value is -6.26. The first-order valence-corrected chi connectivity index (χ1v) is 25.4. The Morgan fingerprint density at radius 1 is 0.437 bits per heavy atom. The van der Waals surface area contributed by atoms with E-state index in [4.69, 9.17) is 9.97 Å². The molecule has 4 heteroatoms. The van der Waals surface area contributed by atoms with Gasteiger partial charge in [0.15, 0.2) is 0 Å². The van der Waals surface area contributed by atoms with Crippen LogP contribution in [0.5, 0.6) is 5.75 Å². The number of nitrogens with zero attached hydrogens (tertiary/aromatic N) is 3. The molecule has 8 aromatic rings. The molecule has 8 rings (SSSR count). The SMILES string of the molecule is [2H]C([2H])([2H])c1cc(-c2cc(C(C)(C)C)cc(C(C)(C)C)c2)ccc1-n1c(-c2cc(C(C)(C)C)cc(C(C)(C)C)c2O)nc2c(-c3cc(-c4cc(-c5ccc(C(C)(C)C)cc5)ccn4)cc(C(C)(C)C)c3)cccc21. The highest BCUT2D eigenvalue weighted by atomic mass is 16.3. The summed E-state index contributed by atoms with van der Waals surface area (Å²) in [7, 11) is 0. The maximum absolute atomic E-state index is 12.6. The number of benzene rings is 6. The molecule has 0 radical (unpaired) electrons. The molecule has 2 heterocycles. The smallest absolute Gasteiger partial charge is 0.149 e. The van der Waals surface area contributed by atoms with Crippen LogP contribution in [-0.4, -0.2) is 19.6 Å². The first-order valence-electron chi connectivity index (χ1n) is 26.9. The molecule has 0 fully saturated rings. The van der Waals surface area contributed by atoms with E-state index in [0.29, 0.717) is 22.6 Å². The van der Waals surface area contributed by atoms with Crippen LogP contribution in [0.4, 0.5) is 0 Å². The van der Waals surface area contributed by atoms with Crippen LogP contribution in [0, 0.1) is 6.85 Å². The number of phenols is 1. The van der Waals surface area contributed by atoms with Gasteiger partial charge < -0.3 is 5.11 Å². The van der Waals surface area contributed by atoms with Gasteiger partial charge in [0.2, 0.25) is 0 Å². The van der Waals surface area contributed by atoms with Crippen molar-refractivity contribution in [2.75, 3.05) is 0 Å². The number of aromatic hydroxyl groups is 1. The molecule has 0 spiro atoms. The predicted molar refractivity (Wildman–Crippen MR) is 305 cm³/mol. The lowest BCUT2D eigenvalue weighted by Gasteiger charge is -2.27. The van der Waals surface area contributed by atoms with Gasteiger partial charge >= 0.3 is 0 Å². The van der Waals surface area contributed by atoms with Crippen LogP contribution in [0.2, 0.25) is 0 Å². The Morgan fingerprint density at radius 3 is 1.55 bits per heavy atom. The molecular weight excluding hydrogens is 863 g/mol. The summed E-state index contributed by atoms with van der Waals surface area (Å²) in [5.74, 6) is 0.587. The molecule has 0 aliphatic rings. The van der Waals surface area contributed by atoms with E-state index in [-0.39, 0.29) is 38.4 Å². The lowest BCUT2D eigenvalue weighted by Crippen LogP contribution is -2.17. The molecule has 0 unspecified atom stereocenters. The Kier molecular flexibility index (Phi) is 11.8. The van der Waals surface area contributed by atoms with Gasteiger partial charge in [0.05, 0.1) is 28.0 Å². The highest BCUT2D eigenvalue weighted by Crippen LogP contribution is 2.46. The van der Waals surface area contributed by atoms with Crippen LogP contribution in [0.25, 0.3) is 72.7 Å². The van der Waals surface area contributed by atoms with Gasteiger partial charge in [0, 0.05) is 27.0 Å². The van der Waals surface area contributed by atoms with E-state index < -0.39 is 12.3 Å². The van der Waals surface area contributed by atoms with Crippen molar-refractivity contribution in [3.05, 3.63) is 166 Å². The number of rotatable bonds is 6. The van der Waals surface area contributed by atoms with Crippen molar-refractivity contribution in [2.45, 2.75) is 164 Å². The minimum atomic E-state index is -2.52. The number of fused-ring (bicyclic) bond motifs is 1. The zero-order valence-corrected chi connectivity index (χ0v) is 45.9. The Labute approximate surface area is 430 Å². The Morgan fingerprint density at radius 2 is 0.972 bits per heavy atom. The summed E-state index contributed by atoms with van der Waals surface area (Å²) in [4.78, 5) is 10.6. The molecule has 71 heavy (non-hydrogen) atoms. The third kappa shape index (κ3) is 10.4. The number of hydrogen-bond acceptors (Lipinski definition) is 3. The van der Waals surface area contributed by atoms with Crippen molar-refractivity contribution in [3.63, 3.8) is 0 Å².